The summed E-state index contributed by atoms with van der Waals surface area (Å²) in [6.07, 6.45) is 2.60. The van der Waals surface area contributed by atoms with Crippen molar-refractivity contribution in [3.8, 4) is 17.1 Å². The minimum absolute atomic E-state index is 0.0250. The lowest BCUT2D eigenvalue weighted by Gasteiger charge is -2.17. The van der Waals surface area contributed by atoms with Gasteiger partial charge in [0, 0.05) is 22.8 Å². The molecule has 0 spiro atoms. The van der Waals surface area contributed by atoms with Gasteiger partial charge >= 0.3 is 0 Å². The lowest BCUT2D eigenvalue weighted by atomic mass is 9.92. The normalized spacial score (nSPS) is 15.5. The first kappa shape index (κ1) is 23.0. The molecular weight excluding hydrogens is 444 g/mol. The average Bonchev–Trinajstić information content (AvgIpc) is 3.59. The number of hydrogen-bond donors (Lipinski definition) is 0. The highest BCUT2D eigenvalue weighted by molar-refractivity contribution is 5.86. The summed E-state index contributed by atoms with van der Waals surface area (Å²) in [6.45, 7) is 13.4. The van der Waals surface area contributed by atoms with E-state index >= 15 is 0 Å². The summed E-state index contributed by atoms with van der Waals surface area (Å²) < 4.78 is 19.0. The Kier molecular flexibility index (Phi) is 5.48. The average molecular weight is 479 g/mol. The van der Waals surface area contributed by atoms with Crippen LogP contribution in [-0.4, -0.2) is 0 Å². The zero-order valence-electron chi connectivity index (χ0n) is 22.0. The molecular formula is C33H34O3. The minimum atomic E-state index is -0.0250. The van der Waals surface area contributed by atoms with Gasteiger partial charge in [-0.15, -0.1) is 0 Å². The monoisotopic (exact) mass is 478 g/mol. The maximum atomic E-state index is 6.67. The molecule has 0 amide bonds. The zero-order valence-corrected chi connectivity index (χ0v) is 22.0. The van der Waals surface area contributed by atoms with Gasteiger partial charge in [0.25, 0.3) is 0 Å². The molecule has 1 aliphatic rings. The molecule has 0 saturated heterocycles. The van der Waals surface area contributed by atoms with Crippen molar-refractivity contribution in [2.45, 2.75) is 71.8 Å². The predicted octanol–water partition coefficient (Wildman–Crippen LogP) is 9.89. The third-order valence-corrected chi connectivity index (χ3v) is 7.58. The van der Waals surface area contributed by atoms with Crippen molar-refractivity contribution in [3.63, 3.8) is 0 Å². The van der Waals surface area contributed by atoms with Gasteiger partial charge < -0.3 is 13.6 Å². The third kappa shape index (κ3) is 3.73. The standard InChI is InChI=1S/C33H34O3/c1-18(2)25-9-7-8-21-15-29(35-32(21)25)22-12-24-17-30(36-33(24)28(14-22)20(5)6)23-13-27(19(3)4)26-10-11-34-31(26)16-23/h7-16,18-20,30H,17H2,1-6H3. The van der Waals surface area contributed by atoms with Crippen molar-refractivity contribution in [1.29, 1.82) is 0 Å². The molecule has 0 aliphatic carbocycles. The largest absolute Gasteiger partial charge is 0.485 e. The summed E-state index contributed by atoms with van der Waals surface area (Å²) in [5.41, 5.74) is 9.27. The van der Waals surface area contributed by atoms with E-state index in [0.29, 0.717) is 17.8 Å². The lowest BCUT2D eigenvalue weighted by molar-refractivity contribution is 0.236. The quantitative estimate of drug-likeness (QED) is 0.252. The summed E-state index contributed by atoms with van der Waals surface area (Å²) in [5.74, 6) is 3.12. The van der Waals surface area contributed by atoms with Crippen LogP contribution in [0.15, 0.2) is 69.7 Å². The first-order chi connectivity index (χ1) is 17.3. The van der Waals surface area contributed by atoms with Gasteiger partial charge in [-0.2, -0.15) is 0 Å². The smallest absolute Gasteiger partial charge is 0.138 e. The van der Waals surface area contributed by atoms with Gasteiger partial charge in [-0.25, -0.2) is 0 Å². The van der Waals surface area contributed by atoms with Crippen LogP contribution in [0, 0.1) is 0 Å². The maximum absolute atomic E-state index is 6.67. The second kappa shape index (κ2) is 8.58. The van der Waals surface area contributed by atoms with E-state index in [1.54, 1.807) is 6.26 Å². The predicted molar refractivity (Wildman–Crippen MR) is 147 cm³/mol. The molecule has 36 heavy (non-hydrogen) atoms. The van der Waals surface area contributed by atoms with E-state index in [1.165, 1.54) is 33.2 Å². The van der Waals surface area contributed by atoms with E-state index in [1.807, 2.05) is 0 Å². The van der Waals surface area contributed by atoms with Crippen LogP contribution in [-0.2, 0) is 6.42 Å². The van der Waals surface area contributed by atoms with Gasteiger partial charge in [-0.1, -0.05) is 65.8 Å². The molecule has 0 saturated carbocycles. The van der Waals surface area contributed by atoms with Crippen LogP contribution < -0.4 is 4.74 Å². The molecule has 3 heteroatoms. The molecule has 0 radical (unpaired) electrons. The van der Waals surface area contributed by atoms with Gasteiger partial charge in [0.05, 0.1) is 6.26 Å². The molecule has 0 fully saturated rings. The Bertz CT molecular complexity index is 1580. The SMILES string of the molecule is CC(C)c1cc(-c2cc3cccc(C(C)C)c3o2)cc2c1OC(c1cc(C(C)C)c3ccoc3c1)C2. The van der Waals surface area contributed by atoms with Gasteiger partial charge in [0.1, 0.15) is 28.8 Å². The first-order valence-electron chi connectivity index (χ1n) is 13.2. The maximum Gasteiger partial charge on any atom is 0.138 e. The highest BCUT2D eigenvalue weighted by atomic mass is 16.5. The Labute approximate surface area is 213 Å². The van der Waals surface area contributed by atoms with Crippen LogP contribution in [0.1, 0.15) is 93.2 Å². The molecule has 3 aromatic carbocycles. The molecule has 0 bridgehead atoms. The fourth-order valence-corrected chi connectivity index (χ4v) is 5.62. The van der Waals surface area contributed by atoms with E-state index < -0.39 is 0 Å². The second-order valence-corrected chi connectivity index (χ2v) is 11.1. The molecule has 6 rings (SSSR count). The molecule has 184 valence electrons. The molecule has 1 atom stereocenters. The van der Waals surface area contributed by atoms with Crippen molar-refractivity contribution in [2.24, 2.45) is 0 Å². The third-order valence-electron chi connectivity index (χ3n) is 7.58. The second-order valence-electron chi connectivity index (χ2n) is 11.1. The van der Waals surface area contributed by atoms with E-state index in [9.17, 15) is 0 Å². The topological polar surface area (TPSA) is 35.5 Å². The zero-order chi connectivity index (χ0) is 25.1. The Balaban J connectivity index is 1.42. The van der Waals surface area contributed by atoms with Gasteiger partial charge in [-0.05, 0) is 75.9 Å². The molecule has 3 nitrogen and oxygen atoms in total. The van der Waals surface area contributed by atoms with Crippen molar-refractivity contribution in [1.82, 2.24) is 0 Å². The highest BCUT2D eigenvalue weighted by Crippen LogP contribution is 2.46. The number of furan rings is 2. The van der Waals surface area contributed by atoms with Crippen molar-refractivity contribution in [2.75, 3.05) is 0 Å². The van der Waals surface area contributed by atoms with Crippen LogP contribution in [0.5, 0.6) is 5.75 Å². The molecule has 2 aromatic heterocycles. The summed E-state index contributed by atoms with van der Waals surface area (Å²) in [6, 6.07) is 19.7. The Morgan fingerprint density at radius 2 is 1.56 bits per heavy atom. The van der Waals surface area contributed by atoms with Crippen molar-refractivity contribution < 1.29 is 13.6 Å². The van der Waals surface area contributed by atoms with E-state index in [0.717, 1.165) is 40.0 Å². The summed E-state index contributed by atoms with van der Waals surface area (Å²) in [4.78, 5) is 0. The van der Waals surface area contributed by atoms with E-state index in [4.69, 9.17) is 13.6 Å². The van der Waals surface area contributed by atoms with Gasteiger partial charge in [0.15, 0.2) is 0 Å². The number of para-hydroxylation sites is 1. The Morgan fingerprint density at radius 1 is 0.778 bits per heavy atom. The van der Waals surface area contributed by atoms with Gasteiger partial charge in [-0.3, -0.25) is 0 Å². The Hall–Kier alpha value is -3.46. The summed E-state index contributed by atoms with van der Waals surface area (Å²) in [7, 11) is 0. The number of hydrogen-bond acceptors (Lipinski definition) is 3. The van der Waals surface area contributed by atoms with Crippen LogP contribution in [0.2, 0.25) is 0 Å². The number of fused-ring (bicyclic) bond motifs is 3. The number of benzene rings is 3. The molecule has 1 aliphatic heterocycles. The molecule has 1 unspecified atom stereocenters. The van der Waals surface area contributed by atoms with Crippen LogP contribution in [0.4, 0.5) is 0 Å². The first-order valence-corrected chi connectivity index (χ1v) is 13.2. The van der Waals surface area contributed by atoms with E-state index in [-0.39, 0.29) is 6.10 Å². The van der Waals surface area contributed by atoms with Crippen molar-refractivity contribution in [3.05, 3.63) is 88.7 Å². The summed E-state index contributed by atoms with van der Waals surface area (Å²) >= 11 is 0. The van der Waals surface area contributed by atoms with Gasteiger partial charge in [0.2, 0.25) is 0 Å². The molecule has 3 heterocycles. The summed E-state index contributed by atoms with van der Waals surface area (Å²) in [5, 5.41) is 2.35. The fourth-order valence-electron chi connectivity index (χ4n) is 5.62. The fraction of sp³-hybridized carbons (Fsp3) is 0.333. The minimum Gasteiger partial charge on any atom is -0.485 e. The number of ether oxygens (including phenoxy) is 1. The lowest BCUT2D eigenvalue weighted by Crippen LogP contribution is -2.05. The van der Waals surface area contributed by atoms with Crippen LogP contribution in [0.25, 0.3) is 33.3 Å². The van der Waals surface area contributed by atoms with E-state index in [2.05, 4.69) is 96.1 Å². The Morgan fingerprint density at radius 3 is 2.31 bits per heavy atom. The van der Waals surface area contributed by atoms with Crippen LogP contribution in [0.3, 0.4) is 0 Å². The van der Waals surface area contributed by atoms with Crippen LogP contribution >= 0.6 is 0 Å². The molecule has 5 aromatic rings. The molecule has 0 N–H and O–H groups in total. The van der Waals surface area contributed by atoms with Crippen molar-refractivity contribution >= 4 is 21.9 Å². The number of rotatable bonds is 5. The highest BCUT2D eigenvalue weighted by Gasteiger charge is 2.30.